The molecular weight excluding hydrogens is 257 g/mol. The van der Waals surface area contributed by atoms with Crippen LogP contribution in [0.2, 0.25) is 0 Å². The fourth-order valence-corrected chi connectivity index (χ4v) is 4.35. The standard InChI is InChI=1S/C14H24N3OP/c1-7-14(13-11-9-8-10-12-13)17(6)19(18,15(2)3)16(4)5/h7-12H,1-6H3/b14-7-/i1D. The van der Waals surface area contributed by atoms with E-state index in [1.807, 2.05) is 37.4 Å². The lowest BCUT2D eigenvalue weighted by Crippen LogP contribution is -2.31. The smallest absolute Gasteiger partial charge is 0.302 e. The molecule has 5 heteroatoms. The first-order valence-electron chi connectivity index (χ1n) is 6.81. The monoisotopic (exact) mass is 282 g/mol. The van der Waals surface area contributed by atoms with Gasteiger partial charge in [-0.3, -0.25) is 4.57 Å². The molecule has 106 valence electrons. The highest BCUT2D eigenvalue weighted by Gasteiger charge is 2.34. The van der Waals surface area contributed by atoms with Gasteiger partial charge in [0.2, 0.25) is 0 Å². The molecule has 0 N–H and O–H groups in total. The minimum atomic E-state index is -2.86. The summed E-state index contributed by atoms with van der Waals surface area (Å²) in [6.07, 6.45) is 1.79. The van der Waals surface area contributed by atoms with E-state index in [0.717, 1.165) is 11.3 Å². The van der Waals surface area contributed by atoms with Gasteiger partial charge in [0.05, 0.1) is 0 Å². The quantitative estimate of drug-likeness (QED) is 0.775. The summed E-state index contributed by atoms with van der Waals surface area (Å²) in [5, 5.41) is 0. The minimum Gasteiger partial charge on any atom is -0.302 e. The number of hydrogen-bond acceptors (Lipinski definition) is 1. The summed E-state index contributed by atoms with van der Waals surface area (Å²) in [4.78, 5) is 0. The predicted octanol–water partition coefficient (Wildman–Crippen LogP) is 3.21. The van der Waals surface area contributed by atoms with Crippen LogP contribution in [0.5, 0.6) is 0 Å². The number of nitrogens with zero attached hydrogens (tertiary/aromatic N) is 3. The van der Waals surface area contributed by atoms with Crippen molar-refractivity contribution >= 4 is 13.3 Å². The Labute approximate surface area is 118 Å². The largest absolute Gasteiger partial charge is 0.309 e. The molecule has 0 amide bonds. The van der Waals surface area contributed by atoms with Gasteiger partial charge in [-0.25, -0.2) is 9.34 Å². The van der Waals surface area contributed by atoms with Crippen molar-refractivity contribution < 1.29 is 5.94 Å². The summed E-state index contributed by atoms with van der Waals surface area (Å²) in [6.45, 7) is 0.148. The van der Waals surface area contributed by atoms with Gasteiger partial charge in [-0.1, -0.05) is 36.4 Å². The second-order valence-electron chi connectivity index (χ2n) is 4.69. The van der Waals surface area contributed by atoms with Gasteiger partial charge < -0.3 is 4.67 Å². The molecule has 1 aromatic rings. The Morgan fingerprint density at radius 1 is 1.11 bits per heavy atom. The van der Waals surface area contributed by atoms with E-state index in [-0.39, 0.29) is 6.90 Å². The maximum atomic E-state index is 13.3. The zero-order valence-electron chi connectivity index (χ0n) is 13.4. The number of hydrogen-bond donors (Lipinski definition) is 0. The van der Waals surface area contributed by atoms with Crippen molar-refractivity contribution in [3.05, 3.63) is 42.0 Å². The van der Waals surface area contributed by atoms with Crippen LogP contribution in [-0.2, 0) is 4.57 Å². The van der Waals surface area contributed by atoms with Gasteiger partial charge in [0.15, 0.2) is 0 Å². The molecule has 0 unspecified atom stereocenters. The number of rotatable bonds is 5. The highest BCUT2D eigenvalue weighted by molar-refractivity contribution is 7.56. The number of benzene rings is 1. The van der Waals surface area contributed by atoms with Crippen LogP contribution in [-0.4, -0.2) is 49.2 Å². The summed E-state index contributed by atoms with van der Waals surface area (Å²) in [7, 11) is 6.18. The molecule has 0 aliphatic carbocycles. The van der Waals surface area contributed by atoms with E-state index in [9.17, 15) is 4.57 Å². The molecule has 19 heavy (non-hydrogen) atoms. The molecule has 1 rings (SSSR count). The fraction of sp³-hybridized carbons (Fsp3) is 0.429. The van der Waals surface area contributed by atoms with Gasteiger partial charge in [0.25, 0.3) is 0 Å². The zero-order valence-corrected chi connectivity index (χ0v) is 13.3. The van der Waals surface area contributed by atoms with Crippen LogP contribution in [0.15, 0.2) is 36.4 Å². The first-order valence-corrected chi connectivity index (χ1v) is 7.67. The minimum absolute atomic E-state index is 0.148. The van der Waals surface area contributed by atoms with Crippen LogP contribution in [0.3, 0.4) is 0 Å². The van der Waals surface area contributed by atoms with E-state index in [2.05, 4.69) is 0 Å². The molecule has 0 aromatic heterocycles. The normalized spacial score (nSPS) is 13.8. The lowest BCUT2D eigenvalue weighted by molar-refractivity contribution is 0.400. The molecular formula is C14H24N3OP. The van der Waals surface area contributed by atoms with E-state index < -0.39 is 7.59 Å². The number of allylic oxidation sites excluding steroid dienone is 1. The summed E-state index contributed by atoms with van der Waals surface area (Å²) in [5.74, 6) is 0. The topological polar surface area (TPSA) is 26.8 Å². The molecule has 0 fully saturated rings. The summed E-state index contributed by atoms with van der Waals surface area (Å²) in [5.41, 5.74) is 1.78. The first-order chi connectivity index (χ1) is 9.35. The van der Waals surface area contributed by atoms with Crippen molar-refractivity contribution in [1.29, 1.82) is 0 Å². The molecule has 0 aliphatic heterocycles. The molecule has 0 saturated heterocycles. The van der Waals surface area contributed by atoms with Gasteiger partial charge in [-0.05, 0) is 40.7 Å². The molecule has 0 heterocycles. The third-order valence-electron chi connectivity index (χ3n) is 3.04. The predicted molar refractivity (Wildman–Crippen MR) is 82.8 cm³/mol. The van der Waals surface area contributed by atoms with Crippen LogP contribution < -0.4 is 0 Å². The second kappa shape index (κ2) is 6.38. The Balaban J connectivity index is 3.29. The highest BCUT2D eigenvalue weighted by Crippen LogP contribution is 2.55. The first kappa shape index (κ1) is 14.3. The highest BCUT2D eigenvalue weighted by atomic mass is 31.2. The molecule has 4 nitrogen and oxygen atoms in total. The average Bonchev–Trinajstić information content (AvgIpc) is 2.43. The summed E-state index contributed by atoms with van der Waals surface area (Å²) in [6, 6.07) is 9.76. The lowest BCUT2D eigenvalue weighted by Gasteiger charge is -2.39. The Kier molecular flexibility index (Phi) is 4.81. The maximum Gasteiger partial charge on any atom is 0.309 e. The van der Waals surface area contributed by atoms with Crippen molar-refractivity contribution in [1.82, 2.24) is 14.0 Å². The Morgan fingerprint density at radius 3 is 2.05 bits per heavy atom. The maximum absolute atomic E-state index is 13.3. The second-order valence-corrected chi connectivity index (χ2v) is 7.91. The van der Waals surface area contributed by atoms with E-state index in [1.54, 1.807) is 48.3 Å². The fourth-order valence-electron chi connectivity index (χ4n) is 2.08. The average molecular weight is 282 g/mol. The zero-order chi connectivity index (χ0) is 15.3. The van der Waals surface area contributed by atoms with Gasteiger partial charge in [0.1, 0.15) is 0 Å². The van der Waals surface area contributed by atoms with Gasteiger partial charge in [-0.2, -0.15) is 0 Å². The molecule has 0 aliphatic rings. The van der Waals surface area contributed by atoms with Gasteiger partial charge in [-0.15, -0.1) is 0 Å². The van der Waals surface area contributed by atoms with Crippen LogP contribution in [0.4, 0.5) is 0 Å². The molecule has 0 spiro atoms. The van der Waals surface area contributed by atoms with E-state index in [4.69, 9.17) is 1.37 Å². The third kappa shape index (κ3) is 3.08. The van der Waals surface area contributed by atoms with Gasteiger partial charge in [0, 0.05) is 14.1 Å². The Hall–Kier alpha value is -1.09. The molecule has 1 aromatic carbocycles. The van der Waals surface area contributed by atoms with Crippen molar-refractivity contribution in [3.63, 3.8) is 0 Å². The van der Waals surface area contributed by atoms with Crippen molar-refractivity contribution in [2.24, 2.45) is 0 Å². The van der Waals surface area contributed by atoms with E-state index in [0.29, 0.717) is 0 Å². The van der Waals surface area contributed by atoms with Crippen LogP contribution >= 0.6 is 7.59 Å². The van der Waals surface area contributed by atoms with E-state index in [1.165, 1.54) is 0 Å². The lowest BCUT2D eigenvalue weighted by atomic mass is 10.1. The Bertz CT molecular complexity index is 490. The van der Waals surface area contributed by atoms with Crippen molar-refractivity contribution in [2.75, 3.05) is 35.2 Å². The Morgan fingerprint density at radius 2 is 1.63 bits per heavy atom. The summed E-state index contributed by atoms with van der Waals surface area (Å²) >= 11 is 0. The van der Waals surface area contributed by atoms with Crippen molar-refractivity contribution in [2.45, 2.75) is 6.90 Å². The van der Waals surface area contributed by atoms with Crippen LogP contribution in [0, 0.1) is 0 Å². The SMILES string of the molecule is [2H]C/C=C(/c1ccccc1)N(C)P(=O)(N(C)C)N(C)C. The molecule has 0 bridgehead atoms. The molecule has 0 atom stereocenters. The van der Waals surface area contributed by atoms with E-state index >= 15 is 0 Å². The van der Waals surface area contributed by atoms with Crippen LogP contribution in [0.1, 0.15) is 13.8 Å². The molecule has 0 saturated carbocycles. The third-order valence-corrected chi connectivity index (χ3v) is 6.13. The van der Waals surface area contributed by atoms with Crippen molar-refractivity contribution in [3.8, 4) is 0 Å². The van der Waals surface area contributed by atoms with Gasteiger partial charge >= 0.3 is 7.59 Å². The summed E-state index contributed by atoms with van der Waals surface area (Å²) < 4.78 is 26.0. The molecule has 0 radical (unpaired) electrons. The van der Waals surface area contributed by atoms with Crippen LogP contribution in [0.25, 0.3) is 5.70 Å².